The zero-order chi connectivity index (χ0) is 27.2. The monoisotopic (exact) mass is 542 g/mol. The molecule has 2 atom stereocenters. The van der Waals surface area contributed by atoms with Crippen molar-refractivity contribution in [3.05, 3.63) is 82.8 Å². The Morgan fingerprint density at radius 1 is 0.683 bits per heavy atom. The van der Waals surface area contributed by atoms with Crippen molar-refractivity contribution in [1.29, 1.82) is 0 Å². The highest BCUT2D eigenvalue weighted by Crippen LogP contribution is 2.51. The first kappa shape index (κ1) is 25.1. The number of H-pyrrole nitrogens is 2. The number of benzene rings is 2. The number of rotatable bonds is 4. The zero-order valence-electron chi connectivity index (χ0n) is 23.7. The molecule has 1 spiro atoms. The van der Waals surface area contributed by atoms with Gasteiger partial charge in [0.05, 0.1) is 30.2 Å². The minimum absolute atomic E-state index is 0.335. The van der Waals surface area contributed by atoms with Crippen LogP contribution < -0.4 is 10.6 Å². The Balaban J connectivity index is 1.09. The van der Waals surface area contributed by atoms with Crippen LogP contribution in [0.2, 0.25) is 0 Å². The van der Waals surface area contributed by atoms with Crippen molar-refractivity contribution in [3.8, 4) is 34.2 Å². The molecule has 2 aromatic heterocycles. The van der Waals surface area contributed by atoms with E-state index in [1.807, 2.05) is 12.4 Å². The lowest BCUT2D eigenvalue weighted by atomic mass is 9.83. The van der Waals surface area contributed by atoms with E-state index in [0.29, 0.717) is 17.5 Å². The minimum Gasteiger partial charge on any atom is -0.341 e. The molecule has 2 unspecified atom stereocenters. The van der Waals surface area contributed by atoms with Gasteiger partial charge in [0.25, 0.3) is 0 Å². The van der Waals surface area contributed by atoms with E-state index in [2.05, 4.69) is 78.8 Å². The summed E-state index contributed by atoms with van der Waals surface area (Å²) in [6, 6.07) is 14.3. The molecule has 208 valence electrons. The van der Waals surface area contributed by atoms with Crippen LogP contribution in [0.3, 0.4) is 0 Å². The Bertz CT molecular complexity index is 1610. The Morgan fingerprint density at radius 3 is 2.10 bits per heavy atom. The quantitative estimate of drug-likeness (QED) is 0.226. The molecule has 4 N–H and O–H groups in total. The van der Waals surface area contributed by atoms with Gasteiger partial charge in [0.15, 0.2) is 0 Å². The first-order valence-electron chi connectivity index (χ1n) is 15.6. The van der Waals surface area contributed by atoms with Crippen molar-refractivity contribution < 1.29 is 0 Å². The van der Waals surface area contributed by atoms with E-state index >= 15 is 0 Å². The molecule has 2 aliphatic carbocycles. The van der Waals surface area contributed by atoms with Crippen molar-refractivity contribution in [2.24, 2.45) is 5.41 Å². The van der Waals surface area contributed by atoms with E-state index in [1.54, 1.807) is 0 Å². The fourth-order valence-electron chi connectivity index (χ4n) is 7.81. The van der Waals surface area contributed by atoms with Gasteiger partial charge in [-0.1, -0.05) is 49.1 Å². The Morgan fingerprint density at radius 2 is 1.37 bits per heavy atom. The predicted octanol–water partition coefficient (Wildman–Crippen LogP) is 6.37. The lowest BCUT2D eigenvalue weighted by Gasteiger charge is -2.21. The third-order valence-corrected chi connectivity index (χ3v) is 10.0. The normalized spacial score (nSPS) is 22.7. The Kier molecular flexibility index (Phi) is 6.31. The molecule has 0 amide bonds. The topological polar surface area (TPSA) is 81.4 Å². The molecule has 6 heteroatoms. The summed E-state index contributed by atoms with van der Waals surface area (Å²) < 4.78 is 0. The van der Waals surface area contributed by atoms with Crippen LogP contribution in [0.25, 0.3) is 22.4 Å². The van der Waals surface area contributed by atoms with Gasteiger partial charge in [-0.25, -0.2) is 9.97 Å². The fourth-order valence-corrected chi connectivity index (χ4v) is 7.81. The summed E-state index contributed by atoms with van der Waals surface area (Å²) in [5.74, 6) is 9.03. The molecule has 41 heavy (non-hydrogen) atoms. The van der Waals surface area contributed by atoms with Crippen LogP contribution in [-0.2, 0) is 12.8 Å². The first-order chi connectivity index (χ1) is 20.2. The SMILES string of the molecule is C(#Cc1ccc(-c2ccc(-c3cnc(C4CCCN4)[nH]3)cc2)c2c1CC1(CCCC1)C2)c1cnc(C2CCCN2)[nH]1. The highest BCUT2D eigenvalue weighted by atomic mass is 15.0. The maximum absolute atomic E-state index is 4.67. The van der Waals surface area contributed by atoms with Gasteiger partial charge >= 0.3 is 0 Å². The Hall–Kier alpha value is -3.66. The van der Waals surface area contributed by atoms with Crippen molar-refractivity contribution in [2.75, 3.05) is 13.1 Å². The van der Waals surface area contributed by atoms with Crippen molar-refractivity contribution in [1.82, 2.24) is 30.6 Å². The van der Waals surface area contributed by atoms with E-state index in [9.17, 15) is 0 Å². The van der Waals surface area contributed by atoms with E-state index < -0.39 is 0 Å². The second kappa shape index (κ2) is 10.3. The molecule has 4 aliphatic rings. The van der Waals surface area contributed by atoms with Gasteiger partial charge in [0.1, 0.15) is 17.3 Å². The number of hydrogen-bond acceptors (Lipinski definition) is 4. The number of imidazole rings is 2. The summed E-state index contributed by atoms with van der Waals surface area (Å²) in [4.78, 5) is 16.3. The van der Waals surface area contributed by atoms with E-state index in [0.717, 1.165) is 55.4 Å². The molecule has 4 aromatic rings. The van der Waals surface area contributed by atoms with Gasteiger partial charge in [-0.15, -0.1) is 0 Å². The average molecular weight is 543 g/mol. The molecule has 3 fully saturated rings. The highest BCUT2D eigenvalue weighted by Gasteiger charge is 2.41. The highest BCUT2D eigenvalue weighted by molar-refractivity contribution is 5.74. The summed E-state index contributed by atoms with van der Waals surface area (Å²) >= 11 is 0. The Labute approximate surface area is 242 Å². The predicted molar refractivity (Wildman–Crippen MR) is 162 cm³/mol. The number of fused-ring (bicyclic) bond motifs is 1. The lowest BCUT2D eigenvalue weighted by Crippen LogP contribution is -2.15. The third-order valence-electron chi connectivity index (χ3n) is 10.0. The summed E-state index contributed by atoms with van der Waals surface area (Å²) in [5, 5.41) is 7.06. The maximum atomic E-state index is 4.67. The number of nitrogens with one attached hydrogen (secondary N) is 4. The standard InChI is InChI=1S/C35H38N6/c1-2-16-35(15-1)19-28-24(11-13-26-21-38-33(40-26)30-5-3-17-36-30)12-14-27(29(28)20-35)23-7-9-25(10-8-23)32-22-39-34(41-32)31-6-4-18-37-31/h7-10,12,14,21-22,30-31,36-37H,1-6,15-20H2,(H,38,40)(H,39,41). The van der Waals surface area contributed by atoms with E-state index in [1.165, 1.54) is 78.3 Å². The molecule has 1 saturated carbocycles. The summed E-state index contributed by atoms with van der Waals surface area (Å²) in [6.45, 7) is 2.14. The smallest absolute Gasteiger partial charge is 0.124 e. The third kappa shape index (κ3) is 4.71. The van der Waals surface area contributed by atoms with Crippen molar-refractivity contribution in [2.45, 2.75) is 76.3 Å². The van der Waals surface area contributed by atoms with Gasteiger partial charge in [-0.2, -0.15) is 0 Å². The molecule has 6 nitrogen and oxygen atoms in total. The maximum Gasteiger partial charge on any atom is 0.124 e. The van der Waals surface area contributed by atoms with Crippen LogP contribution in [0.5, 0.6) is 0 Å². The molecular weight excluding hydrogens is 504 g/mol. The van der Waals surface area contributed by atoms with Gasteiger partial charge in [-0.3, -0.25) is 0 Å². The zero-order valence-corrected chi connectivity index (χ0v) is 23.7. The van der Waals surface area contributed by atoms with Crippen LogP contribution in [0.15, 0.2) is 48.8 Å². The van der Waals surface area contributed by atoms with Crippen LogP contribution in [-0.4, -0.2) is 33.0 Å². The number of nitrogens with zero attached hydrogens (tertiary/aromatic N) is 2. The number of aromatic nitrogens is 4. The molecule has 0 bridgehead atoms. The minimum atomic E-state index is 0.335. The fraction of sp³-hybridized carbons (Fsp3) is 0.429. The van der Waals surface area contributed by atoms with Gasteiger partial charge < -0.3 is 20.6 Å². The first-order valence-corrected chi connectivity index (χ1v) is 15.6. The van der Waals surface area contributed by atoms with E-state index in [4.69, 9.17) is 0 Å². The summed E-state index contributed by atoms with van der Waals surface area (Å²) in [7, 11) is 0. The number of aromatic amines is 2. The largest absolute Gasteiger partial charge is 0.341 e. The second-order valence-corrected chi connectivity index (χ2v) is 12.7. The lowest BCUT2D eigenvalue weighted by molar-refractivity contribution is 0.318. The molecule has 2 aromatic carbocycles. The van der Waals surface area contributed by atoms with E-state index in [-0.39, 0.29) is 0 Å². The van der Waals surface area contributed by atoms with Gasteiger partial charge in [0, 0.05) is 5.56 Å². The van der Waals surface area contributed by atoms with Crippen LogP contribution in [0.1, 0.15) is 97.5 Å². The number of hydrogen-bond donors (Lipinski definition) is 4. The molecular formula is C35H38N6. The molecule has 0 radical (unpaired) electrons. The second-order valence-electron chi connectivity index (χ2n) is 12.7. The van der Waals surface area contributed by atoms with Gasteiger partial charge in [-0.05, 0) is 110 Å². The average Bonchev–Trinajstić information content (AvgIpc) is 3.83. The molecule has 8 rings (SSSR count). The summed E-state index contributed by atoms with van der Waals surface area (Å²) in [6.07, 6.45) is 16.3. The van der Waals surface area contributed by atoms with Gasteiger partial charge in [0.2, 0.25) is 0 Å². The molecule has 2 aliphatic heterocycles. The van der Waals surface area contributed by atoms with Crippen molar-refractivity contribution >= 4 is 0 Å². The summed E-state index contributed by atoms with van der Waals surface area (Å²) in [5.41, 5.74) is 10.4. The van der Waals surface area contributed by atoms with Crippen LogP contribution in [0.4, 0.5) is 0 Å². The van der Waals surface area contributed by atoms with Crippen LogP contribution in [0, 0.1) is 17.3 Å². The molecule has 2 saturated heterocycles. The van der Waals surface area contributed by atoms with Crippen molar-refractivity contribution in [3.63, 3.8) is 0 Å². The van der Waals surface area contributed by atoms with Crippen LogP contribution >= 0.6 is 0 Å². The molecule has 4 heterocycles.